The predicted molar refractivity (Wildman–Crippen MR) is 25.6 cm³/mol. The maximum Gasteiger partial charge on any atom is 0.340 e. The molecular weight excluding hydrogens is 112 g/mol. The van der Waals surface area contributed by atoms with Gasteiger partial charge in [0.2, 0.25) is 6.10 Å². The number of carboxylic acid groups (broad SMARTS) is 1. The minimum Gasteiger partial charge on any atom is -0.479 e. The lowest BCUT2D eigenvalue weighted by Crippen LogP contribution is -2.34. The van der Waals surface area contributed by atoms with Crippen LogP contribution in [-0.4, -0.2) is 28.1 Å². The normalized spacial score (nSPS) is 12.6. The third-order valence-corrected chi connectivity index (χ3v) is 0.529. The Labute approximate surface area is 45.2 Å². The van der Waals surface area contributed by atoms with Gasteiger partial charge >= 0.3 is 5.97 Å². The molecule has 0 heterocycles. The zero-order valence-corrected chi connectivity index (χ0v) is 3.96. The summed E-state index contributed by atoms with van der Waals surface area (Å²) in [5, 5.41) is 22.5. The van der Waals surface area contributed by atoms with Crippen molar-refractivity contribution in [3.05, 3.63) is 0 Å². The molecule has 0 spiro atoms. The zero-order valence-electron chi connectivity index (χ0n) is 3.96. The Morgan fingerprint density at radius 3 is 2.12 bits per heavy atom. The van der Waals surface area contributed by atoms with Crippen LogP contribution in [0.15, 0.2) is 0 Å². The monoisotopic (exact) mass is 118 g/mol. The highest BCUT2D eigenvalue weighted by molar-refractivity contribution is 6.00. The molecule has 0 saturated heterocycles. The third kappa shape index (κ3) is 1.57. The fourth-order valence-corrected chi connectivity index (χ4v) is 0.133. The fraction of sp³-hybridized carbons (Fsp3) is 0.333. The first-order chi connectivity index (χ1) is 3.55. The lowest BCUT2D eigenvalue weighted by atomic mass is 10.3. The first-order valence-electron chi connectivity index (χ1n) is 1.80. The number of hydrogen-bond acceptors (Lipinski definition) is 3. The zero-order chi connectivity index (χ0) is 6.73. The van der Waals surface area contributed by atoms with E-state index in [1.165, 1.54) is 0 Å². The lowest BCUT2D eigenvalue weighted by molar-refractivity contribution is -0.143. The van der Waals surface area contributed by atoms with Crippen LogP contribution in [0.2, 0.25) is 0 Å². The van der Waals surface area contributed by atoms with E-state index < -0.39 is 17.9 Å². The number of aliphatic hydroxyl groups excluding tert-OH is 1. The van der Waals surface area contributed by atoms with E-state index in [0.717, 1.165) is 0 Å². The second kappa shape index (κ2) is 2.27. The second-order valence-corrected chi connectivity index (χ2v) is 1.20. The lowest BCUT2D eigenvalue weighted by Gasteiger charge is -1.98. The van der Waals surface area contributed by atoms with Gasteiger partial charge in [-0.05, 0) is 0 Å². The van der Waals surface area contributed by atoms with E-state index in [1.54, 1.807) is 0 Å². The number of aliphatic hydroxyl groups is 1. The summed E-state index contributed by atoms with van der Waals surface area (Å²) >= 11 is 0. The molecule has 8 heavy (non-hydrogen) atoms. The number of amidine groups is 1. The van der Waals surface area contributed by atoms with Crippen LogP contribution in [-0.2, 0) is 4.79 Å². The number of carboxylic acids is 1. The molecule has 5 nitrogen and oxygen atoms in total. The Kier molecular flexibility index (Phi) is 1.96. The molecular formula is C3H6N2O3. The van der Waals surface area contributed by atoms with Crippen LogP contribution in [0.25, 0.3) is 0 Å². The van der Waals surface area contributed by atoms with Crippen molar-refractivity contribution < 1.29 is 15.0 Å². The number of aliphatic carboxylic acids is 1. The van der Waals surface area contributed by atoms with Crippen molar-refractivity contribution >= 4 is 11.8 Å². The Morgan fingerprint density at radius 1 is 1.75 bits per heavy atom. The summed E-state index contributed by atoms with van der Waals surface area (Å²) in [6, 6.07) is 0. The van der Waals surface area contributed by atoms with E-state index in [9.17, 15) is 4.79 Å². The van der Waals surface area contributed by atoms with Gasteiger partial charge in [0.1, 0.15) is 5.84 Å². The smallest absolute Gasteiger partial charge is 0.340 e. The van der Waals surface area contributed by atoms with Gasteiger partial charge in [0.05, 0.1) is 0 Å². The topological polar surface area (TPSA) is 107 Å². The van der Waals surface area contributed by atoms with Crippen molar-refractivity contribution in [3.8, 4) is 0 Å². The third-order valence-electron chi connectivity index (χ3n) is 0.529. The van der Waals surface area contributed by atoms with Gasteiger partial charge in [0.25, 0.3) is 0 Å². The van der Waals surface area contributed by atoms with Crippen LogP contribution in [0, 0.1) is 5.41 Å². The molecule has 0 aliphatic heterocycles. The van der Waals surface area contributed by atoms with Crippen molar-refractivity contribution in [2.24, 2.45) is 5.73 Å². The highest BCUT2D eigenvalue weighted by atomic mass is 16.4. The summed E-state index contributed by atoms with van der Waals surface area (Å²) in [6.45, 7) is 0. The number of nitrogens with two attached hydrogens (primary N) is 1. The molecule has 5 N–H and O–H groups in total. The van der Waals surface area contributed by atoms with Crippen LogP contribution < -0.4 is 5.73 Å². The SMILES string of the molecule is N=C(N)C(O)C(=O)O. The van der Waals surface area contributed by atoms with Crippen molar-refractivity contribution in [3.63, 3.8) is 0 Å². The first kappa shape index (κ1) is 6.90. The highest BCUT2D eigenvalue weighted by Crippen LogP contribution is 1.77. The summed E-state index contributed by atoms with van der Waals surface area (Å²) in [6.07, 6.45) is -1.85. The van der Waals surface area contributed by atoms with Crippen molar-refractivity contribution in [2.75, 3.05) is 0 Å². The Bertz CT molecular complexity index is 108. The second-order valence-electron chi connectivity index (χ2n) is 1.20. The molecule has 0 radical (unpaired) electrons. The van der Waals surface area contributed by atoms with Gasteiger partial charge in [0.15, 0.2) is 0 Å². The molecule has 0 aromatic carbocycles. The molecule has 0 saturated carbocycles. The molecule has 0 rings (SSSR count). The largest absolute Gasteiger partial charge is 0.479 e. The Balaban J connectivity index is 3.83. The average Bonchev–Trinajstić information content (AvgIpc) is 1.64. The Morgan fingerprint density at radius 2 is 2.12 bits per heavy atom. The molecule has 0 aromatic heterocycles. The molecule has 0 aliphatic rings. The molecule has 46 valence electrons. The molecule has 1 unspecified atom stereocenters. The van der Waals surface area contributed by atoms with Crippen molar-refractivity contribution in [2.45, 2.75) is 6.10 Å². The number of nitrogens with one attached hydrogen (secondary N) is 1. The highest BCUT2D eigenvalue weighted by Gasteiger charge is 2.14. The number of hydrogen-bond donors (Lipinski definition) is 4. The van der Waals surface area contributed by atoms with E-state index in [4.69, 9.17) is 15.6 Å². The van der Waals surface area contributed by atoms with Gasteiger partial charge in [-0.25, -0.2) is 4.79 Å². The van der Waals surface area contributed by atoms with E-state index >= 15 is 0 Å². The van der Waals surface area contributed by atoms with Crippen molar-refractivity contribution in [1.82, 2.24) is 0 Å². The van der Waals surface area contributed by atoms with E-state index in [1.807, 2.05) is 0 Å². The summed E-state index contributed by atoms with van der Waals surface area (Å²) in [5.74, 6) is -2.25. The first-order valence-corrected chi connectivity index (χ1v) is 1.80. The van der Waals surface area contributed by atoms with E-state index in [2.05, 4.69) is 5.73 Å². The van der Waals surface area contributed by atoms with Gasteiger partial charge in [-0.3, -0.25) is 5.41 Å². The number of carbonyl (C=O) groups is 1. The van der Waals surface area contributed by atoms with E-state index in [0.29, 0.717) is 0 Å². The minimum absolute atomic E-state index is 0.752. The van der Waals surface area contributed by atoms with Gasteiger partial charge in [-0.1, -0.05) is 0 Å². The van der Waals surface area contributed by atoms with Crippen LogP contribution in [0.5, 0.6) is 0 Å². The average molecular weight is 118 g/mol. The molecule has 0 aromatic rings. The van der Waals surface area contributed by atoms with Gasteiger partial charge < -0.3 is 15.9 Å². The molecule has 0 bridgehead atoms. The summed E-state index contributed by atoms with van der Waals surface area (Å²) in [5.41, 5.74) is 4.59. The summed E-state index contributed by atoms with van der Waals surface area (Å²) in [4.78, 5) is 9.67. The molecule has 0 aliphatic carbocycles. The maximum atomic E-state index is 9.67. The maximum absolute atomic E-state index is 9.67. The number of rotatable bonds is 2. The minimum atomic E-state index is -1.85. The Hall–Kier alpha value is -1.10. The molecule has 5 heteroatoms. The van der Waals surface area contributed by atoms with E-state index in [-0.39, 0.29) is 0 Å². The van der Waals surface area contributed by atoms with Gasteiger partial charge in [0, 0.05) is 0 Å². The molecule has 0 fully saturated rings. The van der Waals surface area contributed by atoms with Crippen LogP contribution in [0.4, 0.5) is 0 Å². The quantitative estimate of drug-likeness (QED) is 0.258. The molecule has 0 amide bonds. The predicted octanol–water partition coefficient (Wildman–Crippen LogP) is -1.63. The van der Waals surface area contributed by atoms with Crippen molar-refractivity contribution in [1.29, 1.82) is 5.41 Å². The van der Waals surface area contributed by atoms with Gasteiger partial charge in [-0.2, -0.15) is 0 Å². The summed E-state index contributed by atoms with van der Waals surface area (Å²) < 4.78 is 0. The van der Waals surface area contributed by atoms with Gasteiger partial charge in [-0.15, -0.1) is 0 Å². The van der Waals surface area contributed by atoms with Crippen LogP contribution >= 0.6 is 0 Å². The fourth-order valence-electron chi connectivity index (χ4n) is 0.133. The standard InChI is InChI=1S/C3H6N2O3/c4-2(5)1(6)3(7)8/h1,6H,(H3,4,5)(H,7,8). The summed E-state index contributed by atoms with van der Waals surface area (Å²) in [7, 11) is 0. The molecule has 1 atom stereocenters. The van der Waals surface area contributed by atoms with Crippen LogP contribution in [0.3, 0.4) is 0 Å². The van der Waals surface area contributed by atoms with Crippen LogP contribution in [0.1, 0.15) is 0 Å².